The van der Waals surface area contributed by atoms with Crippen LogP contribution < -0.4 is 80.9 Å². The first-order chi connectivity index (χ1) is 12.1. The molecule has 0 aliphatic carbocycles. The van der Waals surface area contributed by atoms with Gasteiger partial charge in [-0.1, -0.05) is 0 Å². The van der Waals surface area contributed by atoms with E-state index >= 15 is 0 Å². The summed E-state index contributed by atoms with van der Waals surface area (Å²) in [7, 11) is -1.59. The summed E-state index contributed by atoms with van der Waals surface area (Å²) in [6.07, 6.45) is 0. The third-order valence-electron chi connectivity index (χ3n) is 1.36. The SMILES string of the molecule is C#N.C#N.C#N.C#N.C#N.C#N.CN1CC(=O)N(C)C1=O.O.O.O.O.O.O=S(=O)(O)O.[B].[Cu].[Fe].[H-].[H-].[K+].[Na+]. The Morgan fingerprint density at radius 2 is 0.889 bits per heavy atom. The monoisotopic (exact) mass is 672 g/mol. The van der Waals surface area contributed by atoms with Crippen LogP contribution in [-0.4, -0.2) is 95.7 Å². The smallest absolute Gasteiger partial charge is 1.00 e. The van der Waals surface area contributed by atoms with Gasteiger partial charge in [0, 0.05) is 96.1 Å². The Balaban J connectivity index is -0.00000000669. The van der Waals surface area contributed by atoms with Crippen molar-refractivity contribution >= 4 is 30.8 Å². The van der Waals surface area contributed by atoms with Crippen LogP contribution in [0, 0.1) is 71.0 Å². The van der Waals surface area contributed by atoms with Gasteiger partial charge in [0.15, 0.2) is 0 Å². The maximum Gasteiger partial charge on any atom is 1.00 e. The van der Waals surface area contributed by atoms with Gasteiger partial charge in [-0.2, -0.15) is 8.42 Å². The molecule has 12 N–H and O–H groups in total. The van der Waals surface area contributed by atoms with Crippen LogP contribution in [0.5, 0.6) is 0 Å². The molecule has 0 saturated carbocycles. The standard InChI is InChI=1S/C5H8N2O2.6CHN.B.Cu.Fe.K.Na.H2O4S.5H2O.2H/c1-6-3-4(8)7(2)5(6)9;6*1-2;;;;;;1-5(2,3)4;;;;;;;/h3H2,1-2H3;6*1H;;;;;;(H2,1,2,3,4);5*1H2;;/q;;;;;;;;;;2*+1;;;;;;;2*-1. The van der Waals surface area contributed by atoms with Gasteiger partial charge in [-0.25, -0.2) is 36.4 Å². The van der Waals surface area contributed by atoms with Gasteiger partial charge in [0.1, 0.15) is 6.54 Å². The zero-order valence-electron chi connectivity index (χ0n) is 21.4. The molecule has 0 aromatic heterocycles. The molecule has 1 heterocycles. The third kappa shape index (κ3) is 148. The van der Waals surface area contributed by atoms with Gasteiger partial charge in [-0.3, -0.25) is 18.8 Å². The van der Waals surface area contributed by atoms with Crippen molar-refractivity contribution in [2.45, 2.75) is 0 Å². The number of amides is 3. The van der Waals surface area contributed by atoms with Crippen LogP contribution in [-0.2, 0) is 49.3 Å². The van der Waals surface area contributed by atoms with Crippen LogP contribution in [0.15, 0.2) is 0 Å². The van der Waals surface area contributed by atoms with Gasteiger partial charge < -0.3 is 35.1 Å². The zero-order chi connectivity index (χ0) is 23.5. The second kappa shape index (κ2) is 114. The van der Waals surface area contributed by atoms with Crippen molar-refractivity contribution in [3.63, 3.8) is 0 Å². The van der Waals surface area contributed by atoms with Crippen LogP contribution in [0.4, 0.5) is 4.79 Å². The number of nitrogens with zero attached hydrogens (tertiary/aromatic N) is 8. The van der Waals surface area contributed by atoms with Crippen molar-refractivity contribution < 1.29 is 172 Å². The molecule has 0 atom stereocenters. The van der Waals surface area contributed by atoms with Gasteiger partial charge >= 0.3 is 97.4 Å². The molecule has 208 valence electrons. The fraction of sp³-hybridized carbons (Fsp3) is 0.273. The predicted octanol–water partition coefficient (Wildman–Crippen LogP) is -10.6. The quantitative estimate of drug-likeness (QED) is 0.138. The molecule has 3 amide bonds. The Labute approximate surface area is 300 Å². The van der Waals surface area contributed by atoms with E-state index in [-0.39, 0.29) is 172 Å². The van der Waals surface area contributed by atoms with Crippen molar-refractivity contribution in [1.29, 1.82) is 31.6 Å². The zero-order valence-corrected chi connectivity index (χ0v) is 27.4. The van der Waals surface area contributed by atoms with Crippen LogP contribution in [0.2, 0.25) is 0 Å². The third-order valence-corrected chi connectivity index (χ3v) is 1.36. The topological polar surface area (TPSA) is 415 Å². The summed E-state index contributed by atoms with van der Waals surface area (Å²) < 4.78 is 31.6. The summed E-state index contributed by atoms with van der Waals surface area (Å²) >= 11 is 0. The number of hydrogen-bond acceptors (Lipinski definition) is 10. The number of rotatable bonds is 0. The molecule has 4 radical (unpaired) electrons. The van der Waals surface area contributed by atoms with E-state index in [2.05, 4.69) is 39.4 Å². The van der Waals surface area contributed by atoms with E-state index in [0.29, 0.717) is 0 Å². The Morgan fingerprint density at radius 1 is 0.750 bits per heavy atom. The fourth-order valence-electron chi connectivity index (χ4n) is 0.739. The summed E-state index contributed by atoms with van der Waals surface area (Å²) in [5, 5.41) is 39.0. The largest absolute Gasteiger partial charge is 1.00 e. The van der Waals surface area contributed by atoms with Crippen molar-refractivity contribution in [2.24, 2.45) is 0 Å². The van der Waals surface area contributed by atoms with Gasteiger partial charge in [0.05, 0.1) is 0 Å². The summed E-state index contributed by atoms with van der Waals surface area (Å²) in [6.45, 7) is 21.2. The summed E-state index contributed by atoms with van der Waals surface area (Å²) in [4.78, 5) is 23.9. The maximum atomic E-state index is 10.7. The molecule has 25 heteroatoms. The first-order valence-corrected chi connectivity index (χ1v) is 6.29. The second-order valence-corrected chi connectivity index (χ2v) is 3.43. The minimum absolute atomic E-state index is 0. The predicted molar refractivity (Wildman–Crippen MR) is 111 cm³/mol. The van der Waals surface area contributed by atoms with Gasteiger partial charge in [-0.05, 0) is 0 Å². The van der Waals surface area contributed by atoms with Crippen molar-refractivity contribution in [1.82, 2.24) is 9.80 Å². The molecule has 0 spiro atoms. The van der Waals surface area contributed by atoms with Crippen LogP contribution in [0.1, 0.15) is 2.85 Å². The molecular formula is C11H28BCuFeKN8NaO11S. The van der Waals surface area contributed by atoms with Gasteiger partial charge in [0.25, 0.3) is 0 Å². The maximum absolute atomic E-state index is 10.7. The van der Waals surface area contributed by atoms with Crippen LogP contribution in [0.25, 0.3) is 0 Å². The normalized spacial score (nSPS) is 6.89. The first-order valence-electron chi connectivity index (χ1n) is 4.89. The number of carbonyl (C=O) groups is 2. The molecule has 1 rings (SSSR count). The van der Waals surface area contributed by atoms with E-state index < -0.39 is 10.4 Å². The van der Waals surface area contributed by atoms with Crippen LogP contribution >= 0.6 is 0 Å². The Morgan fingerprint density at radius 3 is 0.917 bits per heavy atom. The minimum Gasteiger partial charge on any atom is -1.00 e. The second-order valence-electron chi connectivity index (χ2n) is 2.54. The molecule has 36 heavy (non-hydrogen) atoms. The number of likely N-dealkylation sites (N-methyl/N-ethyl adjacent to an activating group) is 2. The molecule has 0 bridgehead atoms. The van der Waals surface area contributed by atoms with Crippen molar-refractivity contribution in [3.05, 3.63) is 0 Å². The molecule has 1 aliphatic heterocycles. The summed E-state index contributed by atoms with van der Waals surface area (Å²) in [5.74, 6) is -0.137. The summed E-state index contributed by atoms with van der Waals surface area (Å²) in [5.41, 5.74) is 0. The fourth-order valence-corrected chi connectivity index (χ4v) is 0.739. The van der Waals surface area contributed by atoms with Crippen LogP contribution in [0.3, 0.4) is 0 Å². The van der Waals surface area contributed by atoms with E-state index in [1.807, 2.05) is 0 Å². The molecule has 19 nitrogen and oxygen atoms in total. The molecule has 1 fully saturated rings. The van der Waals surface area contributed by atoms with E-state index in [0.717, 1.165) is 4.90 Å². The Hall–Kier alpha value is -0.710. The van der Waals surface area contributed by atoms with E-state index in [1.54, 1.807) is 7.05 Å². The Bertz CT molecular complexity index is 573. The minimum atomic E-state index is -4.67. The molecule has 0 aromatic carbocycles. The van der Waals surface area contributed by atoms with E-state index in [9.17, 15) is 9.59 Å². The molecular weight excluding hydrogens is 645 g/mol. The number of imide groups is 1. The van der Waals surface area contributed by atoms with E-state index in [1.165, 1.54) is 11.9 Å². The molecule has 1 aliphatic rings. The number of urea groups is 1. The number of hydrogen-bond donors (Lipinski definition) is 2. The number of carbonyl (C=O) groups excluding carboxylic acids is 2. The first kappa shape index (κ1) is 124. The average molecular weight is 673 g/mol. The Kier molecular flexibility index (Phi) is 391. The van der Waals surface area contributed by atoms with Crippen molar-refractivity contribution in [3.8, 4) is 39.4 Å². The molecule has 0 unspecified atom stereocenters. The molecule has 0 aromatic rings. The van der Waals surface area contributed by atoms with E-state index in [4.69, 9.17) is 49.1 Å². The molecule has 1 saturated heterocycles. The number of nitriles is 6. The van der Waals surface area contributed by atoms with Gasteiger partial charge in [0.2, 0.25) is 5.91 Å². The average Bonchev–Trinajstić information content (AvgIpc) is 2.89. The summed E-state index contributed by atoms with van der Waals surface area (Å²) in [6, 6.07) is -0.222. The van der Waals surface area contributed by atoms with Crippen molar-refractivity contribution in [2.75, 3.05) is 20.6 Å². The van der Waals surface area contributed by atoms with Gasteiger partial charge in [-0.15, -0.1) is 0 Å².